The minimum Gasteiger partial charge on any atom is -0.438 e. The van der Waals surface area contributed by atoms with Crippen molar-refractivity contribution in [1.29, 1.82) is 0 Å². The topological polar surface area (TPSA) is 48.3 Å². The molecule has 0 N–H and O–H groups in total. The summed E-state index contributed by atoms with van der Waals surface area (Å²) in [7, 11) is 0. The number of nitrogens with zero attached hydrogens (tertiary/aromatic N) is 4. The van der Waals surface area contributed by atoms with E-state index in [0.29, 0.717) is 11.5 Å². The van der Waals surface area contributed by atoms with Gasteiger partial charge in [0.15, 0.2) is 5.82 Å². The first-order valence-electron chi connectivity index (χ1n) is 17.3. The van der Waals surface area contributed by atoms with Gasteiger partial charge in [0.05, 0.1) is 38.7 Å². The molecule has 0 spiro atoms. The van der Waals surface area contributed by atoms with E-state index in [1.807, 2.05) is 36.4 Å². The molecule has 0 aliphatic rings. The second-order valence-corrected chi connectivity index (χ2v) is 13.4. The molecule has 0 fully saturated rings. The van der Waals surface area contributed by atoms with Crippen LogP contribution in [0.4, 0.5) is 0 Å². The highest BCUT2D eigenvalue weighted by Crippen LogP contribution is 2.42. The number of benzene rings is 7. The Morgan fingerprint density at radius 3 is 1.92 bits per heavy atom. The number of aromatic nitrogens is 4. The van der Waals surface area contributed by atoms with Crippen molar-refractivity contribution in [1.82, 2.24) is 18.9 Å². The van der Waals surface area contributed by atoms with Crippen LogP contribution in [0.3, 0.4) is 0 Å². The zero-order valence-corrected chi connectivity index (χ0v) is 27.2. The summed E-state index contributed by atoms with van der Waals surface area (Å²) in [4.78, 5) is 10.3. The van der Waals surface area contributed by atoms with Gasteiger partial charge in [-0.05, 0) is 36.4 Å². The summed E-state index contributed by atoms with van der Waals surface area (Å²) >= 11 is 0. The van der Waals surface area contributed by atoms with Crippen molar-refractivity contribution in [3.63, 3.8) is 0 Å². The molecular weight excluding hydrogens is 625 g/mol. The fourth-order valence-electron chi connectivity index (χ4n) is 8.50. The number of hydrogen-bond acceptors (Lipinski definition) is 3. The molecule has 5 heterocycles. The van der Waals surface area contributed by atoms with Crippen LogP contribution in [0.25, 0.3) is 110 Å². The molecule has 51 heavy (non-hydrogen) atoms. The number of fused-ring (bicyclic) bond motifs is 12. The highest BCUT2D eigenvalue weighted by molar-refractivity contribution is 6.23. The minimum atomic E-state index is 0.587. The van der Waals surface area contributed by atoms with E-state index in [0.717, 1.165) is 49.9 Å². The summed E-state index contributed by atoms with van der Waals surface area (Å²) in [5.74, 6) is 0.629. The highest BCUT2D eigenvalue weighted by atomic mass is 16.3. The Balaban J connectivity index is 1.13. The molecule has 12 rings (SSSR count). The zero-order chi connectivity index (χ0) is 33.2. The van der Waals surface area contributed by atoms with Crippen molar-refractivity contribution in [2.24, 2.45) is 0 Å². The lowest BCUT2D eigenvalue weighted by molar-refractivity contribution is 0.653. The van der Waals surface area contributed by atoms with E-state index in [9.17, 15) is 0 Å². The summed E-state index contributed by atoms with van der Waals surface area (Å²) in [5, 5.41) is 9.44. The third-order valence-electron chi connectivity index (χ3n) is 10.7. The van der Waals surface area contributed by atoms with Crippen LogP contribution in [-0.2, 0) is 0 Å². The molecule has 0 aliphatic heterocycles. The third kappa shape index (κ3) is 3.59. The van der Waals surface area contributed by atoms with Crippen molar-refractivity contribution >= 4 is 82.0 Å². The molecule has 0 atom stereocenters. The maximum absolute atomic E-state index is 6.36. The quantitative estimate of drug-likeness (QED) is 0.191. The molecule has 5 heteroatoms. The van der Waals surface area contributed by atoms with Gasteiger partial charge in [0.2, 0.25) is 5.71 Å². The van der Waals surface area contributed by atoms with Crippen molar-refractivity contribution in [2.75, 3.05) is 0 Å². The third-order valence-corrected chi connectivity index (χ3v) is 10.7. The smallest absolute Gasteiger partial charge is 0.231 e. The molecule has 0 bridgehead atoms. The molecule has 0 aliphatic carbocycles. The first-order valence-corrected chi connectivity index (χ1v) is 17.3. The molecule has 0 amide bonds. The standard InChI is InChI=1S/C46H26N4O/c1-2-11-27(12-3-1)43-42-36-15-6-9-20-41(36)51-46(42)48-45(47-43)28-21-23-32-30-13-4-7-18-37(30)49(39(32)25-28)29-22-24-33-35-17-10-16-34-31-14-5-8-19-38(31)50(44(34)35)40(33)26-29/h1-26H. The van der Waals surface area contributed by atoms with Gasteiger partial charge in [-0.25, -0.2) is 4.98 Å². The van der Waals surface area contributed by atoms with Gasteiger partial charge in [0, 0.05) is 54.5 Å². The predicted octanol–water partition coefficient (Wildman–Crippen LogP) is 12.0. The van der Waals surface area contributed by atoms with Crippen LogP contribution in [0.5, 0.6) is 0 Å². The Bertz CT molecular complexity index is 3370. The molecular formula is C46H26N4O. The van der Waals surface area contributed by atoms with Crippen LogP contribution >= 0.6 is 0 Å². The van der Waals surface area contributed by atoms with Crippen molar-refractivity contribution < 1.29 is 4.42 Å². The maximum Gasteiger partial charge on any atom is 0.231 e. The average molecular weight is 651 g/mol. The summed E-state index contributed by atoms with van der Waals surface area (Å²) < 4.78 is 11.2. The number of furan rings is 1. The first-order chi connectivity index (χ1) is 25.3. The van der Waals surface area contributed by atoms with E-state index < -0.39 is 0 Å². The molecule has 5 nitrogen and oxygen atoms in total. The van der Waals surface area contributed by atoms with E-state index in [4.69, 9.17) is 14.4 Å². The Hall–Kier alpha value is -6.98. The Kier molecular flexibility index (Phi) is 5.17. The van der Waals surface area contributed by atoms with Gasteiger partial charge in [-0.3, -0.25) is 0 Å². The van der Waals surface area contributed by atoms with Crippen LogP contribution < -0.4 is 0 Å². The van der Waals surface area contributed by atoms with Crippen molar-refractivity contribution in [3.05, 3.63) is 158 Å². The average Bonchev–Trinajstić information content (AvgIpc) is 3.93. The Morgan fingerprint density at radius 2 is 1.08 bits per heavy atom. The Morgan fingerprint density at radius 1 is 0.431 bits per heavy atom. The minimum absolute atomic E-state index is 0.587. The summed E-state index contributed by atoms with van der Waals surface area (Å²) in [6.45, 7) is 0. The van der Waals surface area contributed by atoms with Gasteiger partial charge in [0.25, 0.3) is 0 Å². The number of hydrogen-bond donors (Lipinski definition) is 0. The van der Waals surface area contributed by atoms with Gasteiger partial charge in [-0.2, -0.15) is 4.98 Å². The van der Waals surface area contributed by atoms with Crippen molar-refractivity contribution in [2.45, 2.75) is 0 Å². The van der Waals surface area contributed by atoms with Gasteiger partial charge < -0.3 is 13.4 Å². The zero-order valence-electron chi connectivity index (χ0n) is 27.2. The first kappa shape index (κ1) is 26.9. The van der Waals surface area contributed by atoms with Crippen LogP contribution in [0.15, 0.2) is 162 Å². The van der Waals surface area contributed by atoms with E-state index in [1.54, 1.807) is 0 Å². The monoisotopic (exact) mass is 650 g/mol. The second-order valence-electron chi connectivity index (χ2n) is 13.4. The molecule has 0 saturated heterocycles. The molecule has 12 aromatic rings. The van der Waals surface area contributed by atoms with E-state index in [-0.39, 0.29) is 0 Å². The van der Waals surface area contributed by atoms with Gasteiger partial charge in [-0.15, -0.1) is 0 Å². The Labute approximate surface area is 290 Å². The number of para-hydroxylation sites is 4. The summed E-state index contributed by atoms with van der Waals surface area (Å²) in [5.41, 5.74) is 11.3. The van der Waals surface area contributed by atoms with Crippen LogP contribution in [0, 0.1) is 0 Å². The molecule has 5 aromatic heterocycles. The predicted molar refractivity (Wildman–Crippen MR) is 209 cm³/mol. The van der Waals surface area contributed by atoms with Crippen LogP contribution in [0.1, 0.15) is 0 Å². The molecule has 0 saturated carbocycles. The lowest BCUT2D eigenvalue weighted by Gasteiger charge is -2.10. The fraction of sp³-hybridized carbons (Fsp3) is 0. The lowest BCUT2D eigenvalue weighted by Crippen LogP contribution is -1.96. The van der Waals surface area contributed by atoms with Crippen LogP contribution in [-0.4, -0.2) is 18.9 Å². The molecule has 0 unspecified atom stereocenters. The molecule has 0 radical (unpaired) electrons. The van der Waals surface area contributed by atoms with E-state index in [1.165, 1.54) is 48.9 Å². The molecule has 236 valence electrons. The fourth-order valence-corrected chi connectivity index (χ4v) is 8.50. The van der Waals surface area contributed by atoms with Gasteiger partial charge in [0.1, 0.15) is 5.58 Å². The number of rotatable bonds is 3. The van der Waals surface area contributed by atoms with Crippen molar-refractivity contribution in [3.8, 4) is 28.3 Å². The lowest BCUT2D eigenvalue weighted by atomic mass is 10.1. The van der Waals surface area contributed by atoms with Crippen LogP contribution in [0.2, 0.25) is 0 Å². The molecule has 7 aromatic carbocycles. The van der Waals surface area contributed by atoms with E-state index >= 15 is 0 Å². The highest BCUT2D eigenvalue weighted by Gasteiger charge is 2.21. The summed E-state index contributed by atoms with van der Waals surface area (Å²) in [6, 6.07) is 56.0. The second kappa shape index (κ2) is 9.80. The maximum atomic E-state index is 6.36. The SMILES string of the molecule is c1ccc(-c2nc(-c3ccc4c5ccccc5n(-c5ccc6c7cccc8c9ccccc9n(c6c5)c87)c4c3)nc3oc4ccccc4c23)cc1. The summed E-state index contributed by atoms with van der Waals surface area (Å²) in [6.07, 6.45) is 0. The van der Waals surface area contributed by atoms with Gasteiger partial charge >= 0.3 is 0 Å². The van der Waals surface area contributed by atoms with Gasteiger partial charge in [-0.1, -0.05) is 121 Å². The normalized spacial score (nSPS) is 12.3. The largest absolute Gasteiger partial charge is 0.438 e. The van der Waals surface area contributed by atoms with E-state index in [2.05, 4.69) is 130 Å².